The smallest absolute Gasteiger partial charge is 0.250 e. The normalized spacial score (nSPS) is 23.1. The quantitative estimate of drug-likeness (QED) is 0.820. The number of hydrogen-bond acceptors (Lipinski definition) is 3. The maximum absolute atomic E-state index is 11.3. The predicted octanol–water partition coefficient (Wildman–Crippen LogP) is 2.38. The van der Waals surface area contributed by atoms with Gasteiger partial charge in [0.05, 0.1) is 16.9 Å². The number of benzene rings is 1. The third-order valence-corrected chi connectivity index (χ3v) is 4.26. The predicted molar refractivity (Wildman–Crippen MR) is 79.2 cm³/mol. The van der Waals surface area contributed by atoms with Gasteiger partial charge in [-0.05, 0) is 43.7 Å². The lowest BCUT2D eigenvalue weighted by Gasteiger charge is -2.35. The van der Waals surface area contributed by atoms with E-state index < -0.39 is 5.91 Å². The van der Waals surface area contributed by atoms with Crippen LogP contribution in [0.25, 0.3) is 0 Å². The van der Waals surface area contributed by atoms with Crippen LogP contribution in [0.5, 0.6) is 0 Å². The zero-order valence-corrected chi connectivity index (χ0v) is 11.7. The molecule has 0 heterocycles. The molecule has 4 N–H and O–H groups in total. The van der Waals surface area contributed by atoms with Gasteiger partial charge in [-0.3, -0.25) is 4.79 Å². The van der Waals surface area contributed by atoms with E-state index in [-0.39, 0.29) is 0 Å². The number of rotatable bonds is 3. The van der Waals surface area contributed by atoms with Crippen LogP contribution in [0.3, 0.4) is 0 Å². The molecule has 1 aliphatic carbocycles. The monoisotopic (exact) mass is 261 g/mol. The Morgan fingerprint density at radius 3 is 2.47 bits per heavy atom. The maximum atomic E-state index is 11.3. The molecular weight excluding hydrogens is 238 g/mol. The van der Waals surface area contributed by atoms with Crippen LogP contribution < -0.4 is 16.4 Å². The number of carbonyl (C=O) groups excluding carboxylic acids is 1. The van der Waals surface area contributed by atoms with E-state index in [1.165, 1.54) is 25.7 Å². The van der Waals surface area contributed by atoms with Crippen LogP contribution in [0.1, 0.15) is 43.0 Å². The van der Waals surface area contributed by atoms with Crippen molar-refractivity contribution in [2.45, 2.75) is 38.6 Å². The molecule has 0 atom stereocenters. The van der Waals surface area contributed by atoms with Crippen LogP contribution in [0.4, 0.5) is 11.4 Å². The van der Waals surface area contributed by atoms with Gasteiger partial charge in [0.25, 0.3) is 5.91 Å². The highest BCUT2D eigenvalue weighted by atomic mass is 16.1. The highest BCUT2D eigenvalue weighted by molar-refractivity contribution is 6.00. The molecule has 0 aliphatic heterocycles. The van der Waals surface area contributed by atoms with Gasteiger partial charge in [-0.25, -0.2) is 0 Å². The second kappa shape index (κ2) is 5.51. The summed E-state index contributed by atoms with van der Waals surface area (Å²) >= 11 is 0. The molecule has 0 unspecified atom stereocenters. The summed E-state index contributed by atoms with van der Waals surface area (Å²) < 4.78 is 0. The van der Waals surface area contributed by atoms with Crippen molar-refractivity contribution in [1.82, 2.24) is 0 Å². The molecule has 1 aliphatic rings. The van der Waals surface area contributed by atoms with Crippen molar-refractivity contribution in [2.75, 3.05) is 17.7 Å². The summed E-state index contributed by atoms with van der Waals surface area (Å²) in [6.07, 6.45) is 4.87. The van der Waals surface area contributed by atoms with Gasteiger partial charge in [0.2, 0.25) is 0 Å². The molecule has 2 rings (SSSR count). The number of hydrogen-bond donors (Lipinski definition) is 2. The second-order valence-corrected chi connectivity index (χ2v) is 5.63. The fraction of sp³-hybridized carbons (Fsp3) is 0.533. The van der Waals surface area contributed by atoms with E-state index in [2.05, 4.69) is 18.9 Å². The standard InChI is InChI=1S/C15H23N3O/c1-10-6-8-11(9-7-10)18(2)13-5-3-4-12(14(13)16)15(17)19/h3-5,10-11H,6-9,16H2,1-2H3,(H2,17,19). The molecule has 4 heteroatoms. The lowest BCUT2D eigenvalue weighted by molar-refractivity contribution is 0.100. The molecule has 19 heavy (non-hydrogen) atoms. The molecule has 0 spiro atoms. The van der Waals surface area contributed by atoms with Crippen LogP contribution in [0, 0.1) is 5.92 Å². The van der Waals surface area contributed by atoms with E-state index >= 15 is 0 Å². The molecule has 1 aromatic rings. The summed E-state index contributed by atoms with van der Waals surface area (Å²) in [6.45, 7) is 2.30. The molecule has 1 amide bonds. The van der Waals surface area contributed by atoms with E-state index in [9.17, 15) is 4.79 Å². The minimum Gasteiger partial charge on any atom is -0.396 e. The molecule has 0 aromatic heterocycles. The number of para-hydroxylation sites is 1. The Morgan fingerprint density at radius 1 is 1.26 bits per heavy atom. The van der Waals surface area contributed by atoms with Crippen LogP contribution in [-0.4, -0.2) is 19.0 Å². The molecule has 1 fully saturated rings. The zero-order chi connectivity index (χ0) is 14.0. The van der Waals surface area contributed by atoms with Gasteiger partial charge in [0.1, 0.15) is 0 Å². The molecule has 0 saturated heterocycles. The van der Waals surface area contributed by atoms with Gasteiger partial charge in [-0.15, -0.1) is 0 Å². The summed E-state index contributed by atoms with van der Waals surface area (Å²) in [5.41, 5.74) is 13.2. The van der Waals surface area contributed by atoms with Crippen molar-refractivity contribution in [1.29, 1.82) is 0 Å². The summed E-state index contributed by atoms with van der Waals surface area (Å²) in [5.74, 6) is 0.351. The van der Waals surface area contributed by atoms with Crippen molar-refractivity contribution in [3.05, 3.63) is 23.8 Å². The van der Waals surface area contributed by atoms with E-state index in [0.29, 0.717) is 17.3 Å². The number of primary amides is 1. The molecule has 104 valence electrons. The SMILES string of the molecule is CC1CCC(N(C)c2cccc(C(N)=O)c2N)CC1. The Labute approximate surface area is 114 Å². The van der Waals surface area contributed by atoms with Gasteiger partial charge >= 0.3 is 0 Å². The van der Waals surface area contributed by atoms with Crippen molar-refractivity contribution in [3.63, 3.8) is 0 Å². The number of anilines is 2. The maximum Gasteiger partial charge on any atom is 0.250 e. The largest absolute Gasteiger partial charge is 0.396 e. The topological polar surface area (TPSA) is 72.3 Å². The Bertz CT molecular complexity index is 464. The molecule has 0 bridgehead atoms. The first-order valence-corrected chi connectivity index (χ1v) is 6.91. The Balaban J connectivity index is 2.21. The van der Waals surface area contributed by atoms with Gasteiger partial charge < -0.3 is 16.4 Å². The van der Waals surface area contributed by atoms with Crippen LogP contribution in [-0.2, 0) is 0 Å². The van der Waals surface area contributed by atoms with E-state index in [1.807, 2.05) is 12.1 Å². The Hall–Kier alpha value is -1.71. The fourth-order valence-corrected chi connectivity index (χ4v) is 2.90. The molecule has 1 saturated carbocycles. The Morgan fingerprint density at radius 2 is 1.89 bits per heavy atom. The first-order chi connectivity index (χ1) is 9.00. The average Bonchev–Trinajstić information content (AvgIpc) is 2.38. The number of nitrogens with zero attached hydrogens (tertiary/aromatic N) is 1. The van der Waals surface area contributed by atoms with Gasteiger partial charge in [-0.1, -0.05) is 13.0 Å². The van der Waals surface area contributed by atoms with Gasteiger partial charge in [-0.2, -0.15) is 0 Å². The first kappa shape index (κ1) is 13.7. The minimum absolute atomic E-state index is 0.411. The summed E-state index contributed by atoms with van der Waals surface area (Å²) in [4.78, 5) is 13.5. The summed E-state index contributed by atoms with van der Waals surface area (Å²) in [5, 5.41) is 0. The molecular formula is C15H23N3O. The van der Waals surface area contributed by atoms with Gasteiger partial charge in [0, 0.05) is 13.1 Å². The first-order valence-electron chi connectivity index (χ1n) is 6.91. The molecule has 0 radical (unpaired) electrons. The summed E-state index contributed by atoms with van der Waals surface area (Å²) in [6, 6.07) is 5.98. The van der Waals surface area contributed by atoms with E-state index in [1.54, 1.807) is 6.07 Å². The number of nitrogens with two attached hydrogens (primary N) is 2. The van der Waals surface area contributed by atoms with Crippen LogP contribution in [0.2, 0.25) is 0 Å². The molecule has 4 nitrogen and oxygen atoms in total. The van der Waals surface area contributed by atoms with Crippen molar-refractivity contribution < 1.29 is 4.79 Å². The third kappa shape index (κ3) is 2.83. The van der Waals surface area contributed by atoms with Crippen LogP contribution >= 0.6 is 0 Å². The van der Waals surface area contributed by atoms with Gasteiger partial charge in [0.15, 0.2) is 0 Å². The lowest BCUT2D eigenvalue weighted by atomic mass is 9.86. The lowest BCUT2D eigenvalue weighted by Crippen LogP contribution is -2.35. The van der Waals surface area contributed by atoms with Crippen molar-refractivity contribution in [3.8, 4) is 0 Å². The van der Waals surface area contributed by atoms with E-state index in [0.717, 1.165) is 11.6 Å². The van der Waals surface area contributed by atoms with Crippen molar-refractivity contribution in [2.24, 2.45) is 11.7 Å². The van der Waals surface area contributed by atoms with Crippen molar-refractivity contribution >= 4 is 17.3 Å². The zero-order valence-electron chi connectivity index (χ0n) is 11.7. The number of amides is 1. The highest BCUT2D eigenvalue weighted by Crippen LogP contribution is 2.33. The number of carbonyl (C=O) groups is 1. The fourth-order valence-electron chi connectivity index (χ4n) is 2.90. The number of nitrogen functional groups attached to an aromatic ring is 1. The summed E-state index contributed by atoms with van der Waals surface area (Å²) in [7, 11) is 2.05. The third-order valence-electron chi connectivity index (χ3n) is 4.26. The molecule has 1 aromatic carbocycles. The minimum atomic E-state index is -0.468. The second-order valence-electron chi connectivity index (χ2n) is 5.63. The average molecular weight is 261 g/mol. The highest BCUT2D eigenvalue weighted by Gasteiger charge is 2.23. The van der Waals surface area contributed by atoms with E-state index in [4.69, 9.17) is 11.5 Å². The van der Waals surface area contributed by atoms with Crippen LogP contribution in [0.15, 0.2) is 18.2 Å². The Kier molecular flexibility index (Phi) is 3.98.